The lowest BCUT2D eigenvalue weighted by Gasteiger charge is -2.34. The van der Waals surface area contributed by atoms with Crippen molar-refractivity contribution in [1.82, 2.24) is 15.2 Å². The SMILES string of the molecule is CN(C)c1ncccc1CNC(=O)C1CCCC(=O)N1Cc1ccc(F)cc1. The number of anilines is 1. The number of carbonyl (C=O) groups is 2. The minimum Gasteiger partial charge on any atom is -0.362 e. The van der Waals surface area contributed by atoms with Crippen LogP contribution in [-0.2, 0) is 22.7 Å². The molecule has 7 heteroatoms. The van der Waals surface area contributed by atoms with Crippen LogP contribution in [0.2, 0.25) is 0 Å². The number of hydrogen-bond acceptors (Lipinski definition) is 4. The molecule has 1 aromatic carbocycles. The number of likely N-dealkylation sites (tertiary alicyclic amines) is 1. The number of halogens is 1. The van der Waals surface area contributed by atoms with Gasteiger partial charge in [-0.25, -0.2) is 9.37 Å². The first-order valence-corrected chi connectivity index (χ1v) is 9.38. The van der Waals surface area contributed by atoms with E-state index in [2.05, 4.69) is 10.3 Å². The fourth-order valence-electron chi connectivity index (χ4n) is 3.45. The molecule has 148 valence electrons. The van der Waals surface area contributed by atoms with Gasteiger partial charge in [0.2, 0.25) is 11.8 Å². The molecule has 1 aliphatic heterocycles. The van der Waals surface area contributed by atoms with E-state index in [-0.39, 0.29) is 17.6 Å². The Morgan fingerprint density at radius 1 is 1.29 bits per heavy atom. The summed E-state index contributed by atoms with van der Waals surface area (Å²) in [5.41, 5.74) is 1.71. The van der Waals surface area contributed by atoms with E-state index in [0.717, 1.165) is 16.9 Å². The van der Waals surface area contributed by atoms with Gasteiger partial charge in [0.15, 0.2) is 0 Å². The predicted molar refractivity (Wildman–Crippen MR) is 105 cm³/mol. The summed E-state index contributed by atoms with van der Waals surface area (Å²) >= 11 is 0. The van der Waals surface area contributed by atoms with Gasteiger partial charge in [-0.2, -0.15) is 0 Å². The van der Waals surface area contributed by atoms with Crippen molar-refractivity contribution in [3.8, 4) is 0 Å². The number of aromatic nitrogens is 1. The van der Waals surface area contributed by atoms with Crippen molar-refractivity contribution < 1.29 is 14.0 Å². The quantitative estimate of drug-likeness (QED) is 0.831. The number of benzene rings is 1. The molecule has 6 nitrogen and oxygen atoms in total. The van der Waals surface area contributed by atoms with E-state index in [1.807, 2.05) is 31.1 Å². The van der Waals surface area contributed by atoms with Gasteiger partial charge in [0.05, 0.1) is 0 Å². The summed E-state index contributed by atoms with van der Waals surface area (Å²) in [6, 6.07) is 9.25. The molecule has 0 aliphatic carbocycles. The third kappa shape index (κ3) is 4.65. The van der Waals surface area contributed by atoms with Gasteiger partial charge in [-0.3, -0.25) is 9.59 Å². The molecule has 1 N–H and O–H groups in total. The number of nitrogens with zero attached hydrogens (tertiary/aromatic N) is 3. The first-order valence-electron chi connectivity index (χ1n) is 9.38. The number of pyridine rings is 1. The molecule has 1 aliphatic rings. The van der Waals surface area contributed by atoms with Crippen molar-refractivity contribution in [2.24, 2.45) is 0 Å². The number of carbonyl (C=O) groups excluding carboxylic acids is 2. The second kappa shape index (κ2) is 8.82. The van der Waals surface area contributed by atoms with E-state index in [9.17, 15) is 14.0 Å². The minimum atomic E-state index is -0.522. The summed E-state index contributed by atoms with van der Waals surface area (Å²) in [4.78, 5) is 33.1. The molecule has 1 atom stereocenters. The van der Waals surface area contributed by atoms with Crippen molar-refractivity contribution in [2.45, 2.75) is 38.4 Å². The number of nitrogens with one attached hydrogen (secondary N) is 1. The number of piperidine rings is 1. The maximum absolute atomic E-state index is 13.1. The third-order valence-electron chi connectivity index (χ3n) is 4.88. The molecule has 0 saturated carbocycles. The van der Waals surface area contributed by atoms with Gasteiger partial charge in [-0.05, 0) is 36.6 Å². The van der Waals surface area contributed by atoms with E-state index in [1.54, 1.807) is 23.2 Å². The molecular weight excluding hydrogens is 359 g/mol. The van der Waals surface area contributed by atoms with Crippen molar-refractivity contribution in [3.05, 3.63) is 59.5 Å². The fourth-order valence-corrected chi connectivity index (χ4v) is 3.45. The highest BCUT2D eigenvalue weighted by atomic mass is 19.1. The molecule has 0 radical (unpaired) electrons. The number of amides is 2. The van der Waals surface area contributed by atoms with Crippen LogP contribution in [-0.4, -0.2) is 41.8 Å². The largest absolute Gasteiger partial charge is 0.362 e. The standard InChI is InChI=1S/C21H25FN4O2/c1-25(2)20-16(5-4-12-23-20)13-24-21(28)18-6-3-7-19(27)26(18)14-15-8-10-17(22)11-9-15/h4-5,8-12,18H,3,6-7,13-14H2,1-2H3,(H,24,28). The molecular formula is C21H25FN4O2. The molecule has 1 saturated heterocycles. The van der Waals surface area contributed by atoms with Gasteiger partial charge in [-0.1, -0.05) is 18.2 Å². The lowest BCUT2D eigenvalue weighted by Crippen LogP contribution is -2.51. The maximum Gasteiger partial charge on any atom is 0.243 e. The Kier molecular flexibility index (Phi) is 6.23. The summed E-state index contributed by atoms with van der Waals surface area (Å²) in [6.45, 7) is 0.641. The van der Waals surface area contributed by atoms with Crippen molar-refractivity contribution >= 4 is 17.6 Å². The Balaban J connectivity index is 1.70. The Hall–Kier alpha value is -2.96. The summed E-state index contributed by atoms with van der Waals surface area (Å²) in [5, 5.41) is 2.95. The van der Waals surface area contributed by atoms with Crippen LogP contribution >= 0.6 is 0 Å². The van der Waals surface area contributed by atoms with Crippen LogP contribution in [0.4, 0.5) is 10.2 Å². The normalized spacial score (nSPS) is 16.8. The van der Waals surface area contributed by atoms with E-state index in [0.29, 0.717) is 32.4 Å². The minimum absolute atomic E-state index is 0.0499. The Morgan fingerprint density at radius 3 is 2.75 bits per heavy atom. The van der Waals surface area contributed by atoms with Gasteiger partial charge in [-0.15, -0.1) is 0 Å². The van der Waals surface area contributed by atoms with Gasteiger partial charge in [0.1, 0.15) is 17.7 Å². The highest BCUT2D eigenvalue weighted by molar-refractivity contribution is 5.88. The molecule has 0 spiro atoms. The highest BCUT2D eigenvalue weighted by Gasteiger charge is 2.33. The van der Waals surface area contributed by atoms with Gasteiger partial charge in [0, 0.05) is 45.4 Å². The maximum atomic E-state index is 13.1. The lowest BCUT2D eigenvalue weighted by molar-refractivity contribution is -0.144. The Labute approximate surface area is 164 Å². The summed E-state index contributed by atoms with van der Waals surface area (Å²) < 4.78 is 13.1. The topological polar surface area (TPSA) is 65.5 Å². The molecule has 2 aromatic rings. The van der Waals surface area contributed by atoms with Crippen molar-refractivity contribution in [3.63, 3.8) is 0 Å². The highest BCUT2D eigenvalue weighted by Crippen LogP contribution is 2.22. The van der Waals surface area contributed by atoms with Crippen LogP contribution < -0.4 is 10.2 Å². The molecule has 0 bridgehead atoms. The average molecular weight is 384 g/mol. The molecule has 3 rings (SSSR count). The van der Waals surface area contributed by atoms with Crippen LogP contribution in [0.3, 0.4) is 0 Å². The van der Waals surface area contributed by atoms with Crippen LogP contribution in [0.25, 0.3) is 0 Å². The first-order chi connectivity index (χ1) is 13.5. The second-order valence-corrected chi connectivity index (χ2v) is 7.15. The van der Waals surface area contributed by atoms with Gasteiger partial charge >= 0.3 is 0 Å². The van der Waals surface area contributed by atoms with Crippen molar-refractivity contribution in [2.75, 3.05) is 19.0 Å². The Bertz CT molecular complexity index is 839. The van der Waals surface area contributed by atoms with Crippen molar-refractivity contribution in [1.29, 1.82) is 0 Å². The van der Waals surface area contributed by atoms with Gasteiger partial charge in [0.25, 0.3) is 0 Å². The van der Waals surface area contributed by atoms with Gasteiger partial charge < -0.3 is 15.1 Å². The van der Waals surface area contributed by atoms with E-state index in [1.165, 1.54) is 12.1 Å². The molecule has 1 unspecified atom stereocenters. The van der Waals surface area contributed by atoms with E-state index < -0.39 is 6.04 Å². The summed E-state index contributed by atoms with van der Waals surface area (Å²) in [5.74, 6) is 0.247. The summed E-state index contributed by atoms with van der Waals surface area (Å²) in [6.07, 6.45) is 3.45. The smallest absolute Gasteiger partial charge is 0.243 e. The van der Waals surface area contributed by atoms with Crippen LogP contribution in [0, 0.1) is 5.82 Å². The lowest BCUT2D eigenvalue weighted by atomic mass is 9.99. The van der Waals surface area contributed by atoms with E-state index in [4.69, 9.17) is 0 Å². The summed E-state index contributed by atoms with van der Waals surface area (Å²) in [7, 11) is 3.80. The first kappa shape index (κ1) is 19.8. The molecule has 1 fully saturated rings. The zero-order valence-corrected chi connectivity index (χ0v) is 16.2. The monoisotopic (exact) mass is 384 g/mol. The molecule has 1 aromatic heterocycles. The molecule has 28 heavy (non-hydrogen) atoms. The van der Waals surface area contributed by atoms with Crippen LogP contribution in [0.5, 0.6) is 0 Å². The third-order valence-corrected chi connectivity index (χ3v) is 4.88. The zero-order valence-electron chi connectivity index (χ0n) is 16.2. The van der Waals surface area contributed by atoms with Crippen LogP contribution in [0.15, 0.2) is 42.6 Å². The molecule has 2 amide bonds. The fraction of sp³-hybridized carbons (Fsp3) is 0.381. The van der Waals surface area contributed by atoms with Crippen LogP contribution in [0.1, 0.15) is 30.4 Å². The Morgan fingerprint density at radius 2 is 2.04 bits per heavy atom. The van der Waals surface area contributed by atoms with E-state index >= 15 is 0 Å². The zero-order chi connectivity index (χ0) is 20.1. The number of rotatable bonds is 6. The second-order valence-electron chi connectivity index (χ2n) is 7.15. The predicted octanol–water partition coefficient (Wildman–Crippen LogP) is 2.48. The average Bonchev–Trinajstić information content (AvgIpc) is 2.69. The molecule has 2 heterocycles. The number of hydrogen-bond donors (Lipinski definition) is 1.